The molecule has 1 aromatic rings. The molecule has 3 rings (SSSR count). The highest BCUT2D eigenvalue weighted by Crippen LogP contribution is 2.38. The number of hydrogen-bond acceptors (Lipinski definition) is 4. The Morgan fingerprint density at radius 2 is 1.70 bits per heavy atom. The summed E-state index contributed by atoms with van der Waals surface area (Å²) in [6.45, 7) is 1.67. The number of hydrogen-bond donors (Lipinski definition) is 4. The van der Waals surface area contributed by atoms with Crippen LogP contribution >= 0.6 is 0 Å². The molecular formula is C22H31N3O5. The first-order chi connectivity index (χ1) is 14.5. The Balaban J connectivity index is 1.57. The summed E-state index contributed by atoms with van der Waals surface area (Å²) >= 11 is 0. The van der Waals surface area contributed by atoms with Crippen molar-refractivity contribution >= 4 is 17.9 Å². The maximum atomic E-state index is 13.2. The zero-order valence-electron chi connectivity index (χ0n) is 17.1. The van der Waals surface area contributed by atoms with Crippen molar-refractivity contribution in [2.75, 3.05) is 19.6 Å². The fourth-order valence-corrected chi connectivity index (χ4v) is 4.96. The summed E-state index contributed by atoms with van der Waals surface area (Å²) in [6.07, 6.45) is 3.18. The zero-order chi connectivity index (χ0) is 21.5. The van der Waals surface area contributed by atoms with Crippen LogP contribution in [0.2, 0.25) is 0 Å². The van der Waals surface area contributed by atoms with Gasteiger partial charge in [0.05, 0.1) is 5.92 Å². The maximum absolute atomic E-state index is 13.2. The first-order valence-corrected chi connectivity index (χ1v) is 10.7. The molecule has 8 heteroatoms. The Labute approximate surface area is 176 Å². The molecule has 1 saturated heterocycles. The van der Waals surface area contributed by atoms with Crippen molar-refractivity contribution in [1.29, 1.82) is 0 Å². The fourth-order valence-electron chi connectivity index (χ4n) is 4.96. The summed E-state index contributed by atoms with van der Waals surface area (Å²) in [5.74, 6) is -0.955. The molecule has 164 valence electrons. The van der Waals surface area contributed by atoms with Crippen LogP contribution < -0.4 is 10.8 Å². The van der Waals surface area contributed by atoms with E-state index < -0.39 is 23.8 Å². The topological polar surface area (TPSA) is 119 Å². The zero-order valence-corrected chi connectivity index (χ0v) is 17.1. The molecule has 3 atom stereocenters. The molecule has 2 aliphatic rings. The first-order valence-electron chi connectivity index (χ1n) is 10.7. The molecule has 30 heavy (non-hydrogen) atoms. The van der Waals surface area contributed by atoms with Crippen molar-refractivity contribution in [3.8, 4) is 0 Å². The molecular weight excluding hydrogens is 386 g/mol. The molecule has 0 unspecified atom stereocenters. The molecule has 2 fully saturated rings. The number of nitrogens with zero attached hydrogens (tertiary/aromatic N) is 1. The predicted molar refractivity (Wildman–Crippen MR) is 110 cm³/mol. The average Bonchev–Trinajstić information content (AvgIpc) is 2.78. The van der Waals surface area contributed by atoms with E-state index in [1.807, 2.05) is 23.1 Å². The number of carbonyl (C=O) groups excluding carboxylic acids is 2. The average molecular weight is 418 g/mol. The lowest BCUT2D eigenvalue weighted by molar-refractivity contribution is -0.148. The summed E-state index contributed by atoms with van der Waals surface area (Å²) in [5, 5.41) is 20.2. The van der Waals surface area contributed by atoms with Crippen molar-refractivity contribution in [1.82, 2.24) is 15.7 Å². The van der Waals surface area contributed by atoms with E-state index in [0.717, 1.165) is 19.3 Å². The first kappa shape index (κ1) is 22.1. The highest BCUT2D eigenvalue weighted by atomic mass is 16.5. The van der Waals surface area contributed by atoms with Crippen molar-refractivity contribution in [2.24, 2.45) is 17.8 Å². The van der Waals surface area contributed by atoms with E-state index in [4.69, 9.17) is 5.11 Å². The Morgan fingerprint density at radius 1 is 1.00 bits per heavy atom. The number of likely N-dealkylation sites (tertiary alicyclic amines) is 1. The monoisotopic (exact) mass is 417 g/mol. The lowest BCUT2D eigenvalue weighted by Crippen LogP contribution is -2.48. The smallest absolute Gasteiger partial charge is 0.404 e. The molecule has 0 spiro atoms. The van der Waals surface area contributed by atoms with Gasteiger partial charge in [-0.3, -0.25) is 14.8 Å². The fraction of sp³-hybridized carbons (Fsp3) is 0.591. The number of carbonyl (C=O) groups is 3. The number of piperidine rings is 1. The lowest BCUT2D eigenvalue weighted by atomic mass is 9.71. The van der Waals surface area contributed by atoms with Crippen molar-refractivity contribution < 1.29 is 24.7 Å². The van der Waals surface area contributed by atoms with Gasteiger partial charge in [-0.15, -0.1) is 0 Å². The molecule has 0 aromatic heterocycles. The third kappa shape index (κ3) is 5.50. The van der Waals surface area contributed by atoms with Gasteiger partial charge < -0.3 is 15.3 Å². The summed E-state index contributed by atoms with van der Waals surface area (Å²) in [4.78, 5) is 38.0. The van der Waals surface area contributed by atoms with Crippen molar-refractivity contribution in [2.45, 2.75) is 44.4 Å². The van der Waals surface area contributed by atoms with Crippen LogP contribution in [0.4, 0.5) is 4.79 Å². The molecule has 1 saturated carbocycles. The van der Waals surface area contributed by atoms with Gasteiger partial charge in [0.15, 0.2) is 0 Å². The van der Waals surface area contributed by atoms with Crippen LogP contribution in [-0.2, 0) is 9.59 Å². The van der Waals surface area contributed by atoms with E-state index >= 15 is 0 Å². The molecule has 1 aromatic carbocycles. The third-order valence-corrected chi connectivity index (χ3v) is 6.63. The number of carboxylic acid groups (broad SMARTS) is 1. The Bertz CT molecular complexity index is 734. The van der Waals surface area contributed by atoms with E-state index in [1.54, 1.807) is 5.48 Å². The van der Waals surface area contributed by atoms with Gasteiger partial charge in [0.25, 0.3) is 0 Å². The third-order valence-electron chi connectivity index (χ3n) is 6.63. The van der Waals surface area contributed by atoms with Crippen LogP contribution in [0.3, 0.4) is 0 Å². The van der Waals surface area contributed by atoms with E-state index in [1.165, 1.54) is 5.56 Å². The largest absolute Gasteiger partial charge is 0.465 e. The van der Waals surface area contributed by atoms with Crippen molar-refractivity contribution in [3.05, 3.63) is 35.9 Å². The maximum Gasteiger partial charge on any atom is 0.404 e. The number of nitrogens with one attached hydrogen (secondary N) is 2. The van der Waals surface area contributed by atoms with Crippen LogP contribution in [0.1, 0.15) is 50.0 Å². The van der Waals surface area contributed by atoms with Gasteiger partial charge in [0.1, 0.15) is 0 Å². The Morgan fingerprint density at radius 3 is 2.33 bits per heavy atom. The van der Waals surface area contributed by atoms with Crippen LogP contribution in [-0.4, -0.2) is 52.8 Å². The molecule has 8 nitrogen and oxygen atoms in total. The van der Waals surface area contributed by atoms with E-state index in [0.29, 0.717) is 44.8 Å². The van der Waals surface area contributed by atoms with Crippen LogP contribution in [0.25, 0.3) is 0 Å². The minimum absolute atomic E-state index is 0.00257. The van der Waals surface area contributed by atoms with Crippen LogP contribution in [0, 0.1) is 17.8 Å². The molecule has 1 aliphatic heterocycles. The van der Waals surface area contributed by atoms with Crippen LogP contribution in [0.15, 0.2) is 30.3 Å². The highest BCUT2D eigenvalue weighted by molar-refractivity contribution is 5.87. The molecule has 0 radical (unpaired) electrons. The molecule has 1 aliphatic carbocycles. The molecule has 0 bridgehead atoms. The van der Waals surface area contributed by atoms with Crippen LogP contribution in [0.5, 0.6) is 0 Å². The van der Waals surface area contributed by atoms with Gasteiger partial charge in [-0.2, -0.15) is 0 Å². The SMILES string of the molecule is O=C(O)NCC[C@@H]1CC[C@H](C(=O)N2CCC(c3ccccc3)CC2)[C@@H](C(=O)NO)C1. The molecule has 3 amide bonds. The lowest BCUT2D eigenvalue weighted by Gasteiger charge is -2.39. The second kappa shape index (κ2) is 10.4. The summed E-state index contributed by atoms with van der Waals surface area (Å²) in [6, 6.07) is 10.3. The number of amides is 3. The quantitative estimate of drug-likeness (QED) is 0.419. The van der Waals surface area contributed by atoms with Gasteiger partial charge in [-0.1, -0.05) is 30.3 Å². The van der Waals surface area contributed by atoms with Gasteiger partial charge >= 0.3 is 6.09 Å². The number of hydroxylamine groups is 1. The van der Waals surface area contributed by atoms with Gasteiger partial charge in [-0.25, -0.2) is 10.3 Å². The molecule has 4 N–H and O–H groups in total. The minimum Gasteiger partial charge on any atom is -0.465 e. The van der Waals surface area contributed by atoms with E-state index in [2.05, 4.69) is 17.4 Å². The Hall–Kier alpha value is -2.61. The van der Waals surface area contributed by atoms with E-state index in [9.17, 15) is 19.6 Å². The summed E-state index contributed by atoms with van der Waals surface area (Å²) < 4.78 is 0. The molecule has 1 heterocycles. The minimum atomic E-state index is -1.07. The summed E-state index contributed by atoms with van der Waals surface area (Å²) in [5.41, 5.74) is 3.03. The number of benzene rings is 1. The highest BCUT2D eigenvalue weighted by Gasteiger charge is 2.41. The Kier molecular flexibility index (Phi) is 7.68. The standard InChI is InChI=1S/C22H31N3O5/c26-20(24-30)19-14-15(8-11-23-22(28)29)6-7-18(19)21(27)25-12-9-17(10-13-25)16-4-2-1-3-5-16/h1-5,15,17-19,23,30H,6-14H2,(H,24,26)(H,28,29)/t15-,18-,19-/m0/s1. The predicted octanol–water partition coefficient (Wildman–Crippen LogP) is 2.59. The number of rotatable bonds is 6. The van der Waals surface area contributed by atoms with Gasteiger partial charge in [-0.05, 0) is 55.9 Å². The second-order valence-electron chi connectivity index (χ2n) is 8.40. The van der Waals surface area contributed by atoms with Gasteiger partial charge in [0.2, 0.25) is 11.8 Å². The normalized spacial score (nSPS) is 24.8. The second-order valence-corrected chi connectivity index (χ2v) is 8.40. The van der Waals surface area contributed by atoms with Gasteiger partial charge in [0, 0.05) is 25.6 Å². The van der Waals surface area contributed by atoms with E-state index in [-0.39, 0.29) is 11.8 Å². The van der Waals surface area contributed by atoms with Crippen molar-refractivity contribution in [3.63, 3.8) is 0 Å². The summed E-state index contributed by atoms with van der Waals surface area (Å²) in [7, 11) is 0.